The Bertz CT molecular complexity index is 2540. The number of carbonyl (C=O) groups is 2. The topological polar surface area (TPSA) is 156 Å². The lowest BCUT2D eigenvalue weighted by Gasteiger charge is -2.29. The minimum absolute atomic E-state index is 0.0739. The van der Waals surface area contributed by atoms with Crippen LogP contribution in [0.4, 0.5) is 5.69 Å². The maximum atomic E-state index is 14.3. The molecule has 1 amide bonds. The second-order valence-corrected chi connectivity index (χ2v) is 15.7. The molecule has 7 heterocycles. The van der Waals surface area contributed by atoms with Crippen LogP contribution >= 0.6 is 0 Å². The van der Waals surface area contributed by atoms with Crippen LogP contribution in [-0.2, 0) is 21.4 Å². The van der Waals surface area contributed by atoms with Crippen molar-refractivity contribution >= 4 is 28.3 Å². The minimum atomic E-state index is -1.39. The molecule has 0 radical (unpaired) electrons. The van der Waals surface area contributed by atoms with Crippen LogP contribution in [0.2, 0.25) is 0 Å². The second kappa shape index (κ2) is 10.7. The number of ether oxygens (including phenoxy) is 1. The van der Waals surface area contributed by atoms with Crippen molar-refractivity contribution in [2.24, 2.45) is 11.8 Å². The average Bonchev–Trinajstić information content (AvgIpc) is 3.99. The summed E-state index contributed by atoms with van der Waals surface area (Å²) in [6, 6.07) is 17.9. The number of ketones is 1. The zero-order valence-corrected chi connectivity index (χ0v) is 29.3. The van der Waals surface area contributed by atoms with E-state index in [1.165, 1.54) is 0 Å². The van der Waals surface area contributed by atoms with Crippen LogP contribution in [0, 0.1) is 11.8 Å². The van der Waals surface area contributed by atoms with E-state index in [9.17, 15) is 14.7 Å². The van der Waals surface area contributed by atoms with Crippen molar-refractivity contribution in [2.45, 2.75) is 75.7 Å². The van der Waals surface area contributed by atoms with Crippen LogP contribution in [0.15, 0.2) is 75.8 Å². The monoisotopic (exact) mass is 707 g/mol. The van der Waals surface area contributed by atoms with Crippen molar-refractivity contribution < 1.29 is 28.3 Å². The molecular formula is C42H37N5O6. The lowest BCUT2D eigenvalue weighted by molar-refractivity contribution is -0.140. The Morgan fingerprint density at radius 2 is 1.83 bits per heavy atom. The number of anilines is 1. The van der Waals surface area contributed by atoms with Gasteiger partial charge in [-0.25, -0.2) is 9.97 Å². The number of para-hydroxylation sites is 1. The number of H-pyrrole nitrogens is 1. The van der Waals surface area contributed by atoms with Gasteiger partial charge in [0.1, 0.15) is 22.8 Å². The van der Waals surface area contributed by atoms with Gasteiger partial charge in [0, 0.05) is 57.4 Å². The van der Waals surface area contributed by atoms with Gasteiger partial charge in [0.2, 0.25) is 17.7 Å². The Balaban J connectivity index is 1.19. The first-order chi connectivity index (χ1) is 25.7. The van der Waals surface area contributed by atoms with Gasteiger partial charge in [-0.1, -0.05) is 56.3 Å². The Labute approximate surface area is 304 Å². The standard InChI is InChI=1S/C42H37N5O6/c1-20(2)33-39-46-35-36(53-39)42-26-9-5-8-24(23-7-6-10-28-32(23)25(18-43-28)30-19-44-38(35)51-30)34(26)47-40(42)52-29-12-11-21(16-27(29)42)15-22(37(49)45-33)17-31(48)41(50)13-3-4-14-41/h5-12,16,18-20,22,33,40,43,47,50H,3-4,13-15,17H2,1-2H3,(H,45,49)/t22-,33+,40+,42?/m1/s1. The third kappa shape index (κ3) is 4.14. The first kappa shape index (κ1) is 30.9. The summed E-state index contributed by atoms with van der Waals surface area (Å²) in [7, 11) is 0. The number of benzene rings is 3. The van der Waals surface area contributed by atoms with Crippen LogP contribution in [0.3, 0.4) is 0 Å². The highest BCUT2D eigenvalue weighted by Crippen LogP contribution is 2.61. The van der Waals surface area contributed by atoms with Gasteiger partial charge in [0.05, 0.1) is 6.20 Å². The summed E-state index contributed by atoms with van der Waals surface area (Å²) in [5, 5.41) is 19.3. The van der Waals surface area contributed by atoms with Crippen LogP contribution < -0.4 is 15.4 Å². The molecule has 3 aromatic carbocycles. The van der Waals surface area contributed by atoms with Crippen LogP contribution in [-0.4, -0.2) is 43.6 Å². The van der Waals surface area contributed by atoms with Crippen LogP contribution in [0.1, 0.15) is 80.3 Å². The zero-order valence-electron chi connectivity index (χ0n) is 29.3. The summed E-state index contributed by atoms with van der Waals surface area (Å²) in [6.07, 6.45) is 5.71. The molecule has 1 unspecified atom stereocenters. The molecule has 1 aliphatic carbocycles. The number of amides is 1. The number of oxazole rings is 2. The van der Waals surface area contributed by atoms with Gasteiger partial charge in [-0.3, -0.25) is 9.59 Å². The lowest BCUT2D eigenvalue weighted by Crippen LogP contribution is -2.42. The van der Waals surface area contributed by atoms with Gasteiger partial charge < -0.3 is 34.3 Å². The smallest absolute Gasteiger partial charge is 0.249 e. The summed E-state index contributed by atoms with van der Waals surface area (Å²) in [4.78, 5) is 41.4. The third-order valence-corrected chi connectivity index (χ3v) is 12.3. The van der Waals surface area contributed by atoms with E-state index >= 15 is 0 Å². The lowest BCUT2D eigenvalue weighted by atomic mass is 9.72. The van der Waals surface area contributed by atoms with Gasteiger partial charge in [-0.15, -0.1) is 0 Å². The number of rotatable bonds is 4. The van der Waals surface area contributed by atoms with Crippen molar-refractivity contribution in [3.05, 3.63) is 95.3 Å². The number of nitrogens with zero attached hydrogens (tertiary/aromatic N) is 2. The molecule has 11 nitrogen and oxygen atoms in total. The zero-order chi connectivity index (χ0) is 35.8. The fourth-order valence-electron chi connectivity index (χ4n) is 9.62. The number of fused-ring (bicyclic) bond motifs is 7. The fourth-order valence-corrected chi connectivity index (χ4v) is 9.62. The number of hydrogen-bond donors (Lipinski definition) is 4. The molecule has 266 valence electrons. The van der Waals surface area contributed by atoms with E-state index in [2.05, 4.69) is 52.0 Å². The highest BCUT2D eigenvalue weighted by molar-refractivity contribution is 6.07. The number of hydrogen-bond acceptors (Lipinski definition) is 9. The Morgan fingerprint density at radius 3 is 2.68 bits per heavy atom. The highest BCUT2D eigenvalue weighted by Gasteiger charge is 2.61. The fraction of sp³-hybridized carbons (Fsp3) is 0.333. The highest BCUT2D eigenvalue weighted by atomic mass is 16.5. The summed E-state index contributed by atoms with van der Waals surface area (Å²) < 4.78 is 20.5. The Hall–Kier alpha value is -5.68. The van der Waals surface area contributed by atoms with E-state index in [4.69, 9.17) is 23.5 Å². The normalized spacial score (nSPS) is 24.2. The van der Waals surface area contributed by atoms with E-state index in [0.29, 0.717) is 48.1 Å². The van der Waals surface area contributed by atoms with Gasteiger partial charge in [0.15, 0.2) is 29.2 Å². The molecule has 5 aliphatic rings. The van der Waals surface area contributed by atoms with Crippen LogP contribution in [0.5, 0.6) is 5.75 Å². The van der Waals surface area contributed by atoms with Crippen molar-refractivity contribution in [1.82, 2.24) is 20.3 Å². The largest absolute Gasteiger partial charge is 0.469 e. The van der Waals surface area contributed by atoms with Gasteiger partial charge in [-0.2, -0.15) is 0 Å². The second-order valence-electron chi connectivity index (χ2n) is 15.7. The molecular weight excluding hydrogens is 670 g/mol. The molecule has 4 atom stereocenters. The third-order valence-electron chi connectivity index (χ3n) is 12.3. The van der Waals surface area contributed by atoms with Crippen LogP contribution in [0.25, 0.3) is 44.9 Å². The SMILES string of the molecule is CC(C)[C@@H]1NC(=O)[C@@H](CC(=O)C2(O)CCCC2)Cc2ccc3c(c2)C24c5cccc(c5N[C@H]2O3)-c2cccc3[nH]cc(c23)-c2cnc(o2)-c2nc1oc24. The average molecular weight is 708 g/mol. The maximum Gasteiger partial charge on any atom is 0.249 e. The molecule has 1 saturated carbocycles. The van der Waals surface area contributed by atoms with E-state index < -0.39 is 29.2 Å². The molecule has 3 aromatic heterocycles. The molecule has 11 heteroatoms. The van der Waals surface area contributed by atoms with E-state index in [-0.39, 0.29) is 29.9 Å². The molecule has 4 N–H and O–H groups in total. The summed E-state index contributed by atoms with van der Waals surface area (Å²) in [5.74, 6) is 0.928. The van der Waals surface area contributed by atoms with Gasteiger partial charge in [0.25, 0.3) is 0 Å². The molecule has 0 saturated heterocycles. The molecule has 1 fully saturated rings. The number of Topliss-reactive ketones (excluding diaryl/α,β-unsaturated/α-hetero) is 1. The van der Waals surface area contributed by atoms with Gasteiger partial charge >= 0.3 is 0 Å². The number of nitrogens with one attached hydrogen (secondary N) is 3. The number of carbonyl (C=O) groups excluding carboxylic acids is 2. The minimum Gasteiger partial charge on any atom is -0.469 e. The molecule has 1 spiro atoms. The number of aromatic amines is 1. The van der Waals surface area contributed by atoms with E-state index in [1.54, 1.807) is 6.20 Å². The molecule has 4 aliphatic heterocycles. The Kier molecular flexibility index (Phi) is 6.23. The van der Waals surface area contributed by atoms with Crippen molar-refractivity contribution in [3.63, 3.8) is 0 Å². The first-order valence-corrected chi connectivity index (χ1v) is 18.6. The van der Waals surface area contributed by atoms with Crippen molar-refractivity contribution in [3.8, 4) is 39.8 Å². The van der Waals surface area contributed by atoms with E-state index in [0.717, 1.165) is 62.8 Å². The predicted octanol–water partition coefficient (Wildman–Crippen LogP) is 7.19. The number of aromatic nitrogens is 3. The first-order valence-electron chi connectivity index (χ1n) is 18.6. The summed E-state index contributed by atoms with van der Waals surface area (Å²) >= 11 is 0. The van der Waals surface area contributed by atoms with E-state index in [1.807, 2.05) is 38.2 Å². The number of aliphatic hydroxyl groups is 1. The maximum absolute atomic E-state index is 14.3. The predicted molar refractivity (Wildman–Crippen MR) is 195 cm³/mol. The molecule has 11 rings (SSSR count). The molecule has 53 heavy (non-hydrogen) atoms. The molecule has 6 aromatic rings. The summed E-state index contributed by atoms with van der Waals surface area (Å²) in [5.41, 5.74) is 5.48. The summed E-state index contributed by atoms with van der Waals surface area (Å²) in [6.45, 7) is 4.00. The Morgan fingerprint density at radius 1 is 1.00 bits per heavy atom. The van der Waals surface area contributed by atoms with Crippen molar-refractivity contribution in [1.29, 1.82) is 0 Å². The van der Waals surface area contributed by atoms with Crippen molar-refractivity contribution in [2.75, 3.05) is 5.32 Å². The quantitative estimate of drug-likeness (QED) is 0.149. The molecule has 10 bridgehead atoms. The van der Waals surface area contributed by atoms with Gasteiger partial charge in [-0.05, 0) is 61.3 Å².